The zero-order chi connectivity index (χ0) is 20.0. The lowest BCUT2D eigenvalue weighted by atomic mass is 9.93. The molecule has 1 aromatic carbocycles. The minimum atomic E-state index is -4.27. The van der Waals surface area contributed by atoms with Crippen molar-refractivity contribution in [3.63, 3.8) is 0 Å². The molecule has 3 nitrogen and oxygen atoms in total. The van der Waals surface area contributed by atoms with Crippen molar-refractivity contribution < 1.29 is 17.9 Å². The summed E-state index contributed by atoms with van der Waals surface area (Å²) in [5.41, 5.74) is -3.05. The molecule has 1 heterocycles. The highest BCUT2D eigenvalue weighted by Crippen LogP contribution is 2.31. The van der Waals surface area contributed by atoms with E-state index in [0.29, 0.717) is 13.0 Å². The van der Waals surface area contributed by atoms with Gasteiger partial charge in [-0.2, -0.15) is 13.2 Å². The maximum absolute atomic E-state index is 12.7. The van der Waals surface area contributed by atoms with Gasteiger partial charge in [0.15, 0.2) is 0 Å². The summed E-state index contributed by atoms with van der Waals surface area (Å²) in [5.74, 6) is 0.0293. The Morgan fingerprint density at radius 2 is 2.00 bits per heavy atom. The van der Waals surface area contributed by atoms with Crippen LogP contribution in [0.5, 0.6) is 0 Å². The summed E-state index contributed by atoms with van der Waals surface area (Å²) in [6, 6.07) is 9.98. The number of likely N-dealkylation sites (tertiary alicyclic amines) is 1. The predicted octanol–water partition coefficient (Wildman–Crippen LogP) is 5.48. The second-order valence-electron chi connectivity index (χ2n) is 7.42. The number of piperidine rings is 1. The monoisotopic (exact) mass is 478 g/mol. The maximum atomic E-state index is 12.7. The summed E-state index contributed by atoms with van der Waals surface area (Å²) in [5, 5.41) is 0. The Balaban J connectivity index is 1.57. The fourth-order valence-corrected chi connectivity index (χ4v) is 4.76. The normalized spacial score (nSPS) is 26.9. The summed E-state index contributed by atoms with van der Waals surface area (Å²) in [4.78, 5) is 2.32. The van der Waals surface area contributed by atoms with Gasteiger partial charge in [-0.1, -0.05) is 52.3 Å². The van der Waals surface area contributed by atoms with Crippen molar-refractivity contribution in [3.05, 3.63) is 46.5 Å². The van der Waals surface area contributed by atoms with E-state index in [0.717, 1.165) is 38.9 Å². The van der Waals surface area contributed by atoms with E-state index >= 15 is 0 Å². The van der Waals surface area contributed by atoms with Crippen LogP contribution in [-0.2, 0) is 11.3 Å². The zero-order valence-corrected chi connectivity index (χ0v) is 18.0. The van der Waals surface area contributed by atoms with Crippen LogP contribution in [0.15, 0.2) is 40.9 Å². The summed E-state index contributed by atoms with van der Waals surface area (Å²) in [6.07, 6.45) is 5.73. The number of allylic oxidation sites excluding steroid dienone is 1. The highest BCUT2D eigenvalue weighted by atomic mass is 79.9. The van der Waals surface area contributed by atoms with Crippen LogP contribution in [-0.4, -0.2) is 42.3 Å². The van der Waals surface area contributed by atoms with Crippen LogP contribution in [0.1, 0.15) is 31.2 Å². The molecule has 1 N–H and O–H groups in total. The molecule has 1 saturated heterocycles. The van der Waals surface area contributed by atoms with Crippen molar-refractivity contribution in [1.29, 1.82) is 0 Å². The molecule has 3 atom stereocenters. The first-order valence-electron chi connectivity index (χ1n) is 9.62. The number of hydrogen-bond donors (Lipinski definition) is 1. The molecular weight excluding hydrogens is 453 g/mol. The Morgan fingerprint density at radius 1 is 1.21 bits per heavy atom. The number of ether oxygens (including phenoxy) is 1. The maximum Gasteiger partial charge on any atom is 0.456 e. The van der Waals surface area contributed by atoms with E-state index in [2.05, 4.69) is 43.8 Å². The van der Waals surface area contributed by atoms with E-state index in [4.69, 9.17) is 4.74 Å². The topological polar surface area (TPSA) is 24.5 Å². The molecule has 3 rings (SSSR count). The van der Waals surface area contributed by atoms with Crippen molar-refractivity contribution in [2.24, 2.45) is 5.92 Å². The first kappa shape index (κ1) is 22.2. The highest BCUT2D eigenvalue weighted by Gasteiger charge is 2.35. The Morgan fingerprint density at radius 3 is 2.68 bits per heavy atom. The zero-order valence-electron chi connectivity index (χ0n) is 15.6. The van der Waals surface area contributed by atoms with Gasteiger partial charge in [0.2, 0.25) is 0 Å². The Labute approximate surface area is 177 Å². The lowest BCUT2D eigenvalue weighted by Gasteiger charge is -2.39. The number of hydrogen-bond acceptors (Lipinski definition) is 4. The molecule has 3 unspecified atom stereocenters. The van der Waals surface area contributed by atoms with Gasteiger partial charge in [-0.05, 0) is 35.7 Å². The van der Waals surface area contributed by atoms with Crippen molar-refractivity contribution >= 4 is 27.9 Å². The standard InChI is InChI=1S/C20H26BrF3N2OS/c21-17-6-8-18(9-7-17)27-14-16-13-26(12-15-4-2-1-3-5-15)11-10-19(16)25-28-20(22,23)24/h1-6,16,18-19,25H,7-14H2. The predicted molar refractivity (Wildman–Crippen MR) is 111 cm³/mol. The second-order valence-corrected chi connectivity index (χ2v) is 9.34. The molecule has 2 aliphatic rings. The lowest BCUT2D eigenvalue weighted by Crippen LogP contribution is -2.49. The van der Waals surface area contributed by atoms with E-state index in [1.165, 1.54) is 10.0 Å². The van der Waals surface area contributed by atoms with Crippen LogP contribution in [0.4, 0.5) is 13.2 Å². The van der Waals surface area contributed by atoms with Gasteiger partial charge >= 0.3 is 5.51 Å². The first-order chi connectivity index (χ1) is 13.4. The molecule has 8 heteroatoms. The molecule has 0 amide bonds. The Bertz CT molecular complexity index is 644. The summed E-state index contributed by atoms with van der Waals surface area (Å²) in [7, 11) is 0. The number of halogens is 4. The van der Waals surface area contributed by atoms with Gasteiger partial charge in [-0.15, -0.1) is 0 Å². The molecular formula is C20H26BrF3N2OS. The molecule has 156 valence electrons. The summed E-state index contributed by atoms with van der Waals surface area (Å²) >= 11 is 3.38. The fourth-order valence-electron chi connectivity index (χ4n) is 3.75. The number of nitrogens with zero attached hydrogens (tertiary/aromatic N) is 1. The molecule has 0 spiro atoms. The largest absolute Gasteiger partial charge is 0.456 e. The average molecular weight is 479 g/mol. The molecule has 0 radical (unpaired) electrons. The van der Waals surface area contributed by atoms with Gasteiger partial charge in [0.25, 0.3) is 0 Å². The van der Waals surface area contributed by atoms with Crippen LogP contribution in [0.2, 0.25) is 0 Å². The van der Waals surface area contributed by atoms with Crippen LogP contribution >= 0.6 is 27.9 Å². The van der Waals surface area contributed by atoms with Gasteiger partial charge in [-0.3, -0.25) is 9.62 Å². The summed E-state index contributed by atoms with van der Waals surface area (Å²) < 4.78 is 48.0. The smallest absolute Gasteiger partial charge is 0.377 e. The van der Waals surface area contributed by atoms with Gasteiger partial charge in [0.1, 0.15) is 0 Å². The minimum Gasteiger partial charge on any atom is -0.377 e. The van der Waals surface area contributed by atoms with E-state index in [1.54, 1.807) is 0 Å². The minimum absolute atomic E-state index is 0.0293. The molecule has 0 bridgehead atoms. The van der Waals surface area contributed by atoms with Crippen molar-refractivity contribution in [2.45, 2.75) is 49.9 Å². The highest BCUT2D eigenvalue weighted by molar-refractivity contribution is 9.11. The number of nitrogens with one attached hydrogen (secondary N) is 1. The van der Waals surface area contributed by atoms with E-state index < -0.39 is 5.51 Å². The van der Waals surface area contributed by atoms with Crippen LogP contribution in [0.3, 0.4) is 0 Å². The SMILES string of the molecule is FC(F)(F)SNC1CCN(Cc2ccccc2)CC1COC1CC=C(Br)CC1. The van der Waals surface area contributed by atoms with Gasteiger partial charge in [0.05, 0.1) is 12.7 Å². The third kappa shape index (κ3) is 7.37. The molecule has 0 aromatic heterocycles. The molecule has 1 aliphatic heterocycles. The fraction of sp³-hybridized carbons (Fsp3) is 0.600. The first-order valence-corrected chi connectivity index (χ1v) is 11.2. The van der Waals surface area contributed by atoms with Gasteiger partial charge in [0, 0.05) is 43.5 Å². The lowest BCUT2D eigenvalue weighted by molar-refractivity contribution is -0.0352. The van der Waals surface area contributed by atoms with E-state index in [9.17, 15) is 13.2 Å². The van der Waals surface area contributed by atoms with Gasteiger partial charge < -0.3 is 4.74 Å². The number of benzene rings is 1. The van der Waals surface area contributed by atoms with Crippen LogP contribution in [0, 0.1) is 5.92 Å². The van der Waals surface area contributed by atoms with Gasteiger partial charge in [-0.25, -0.2) is 0 Å². The number of rotatable bonds is 7. The molecule has 1 aliphatic carbocycles. The Kier molecular flexibility index (Phi) is 8.29. The van der Waals surface area contributed by atoms with Crippen LogP contribution < -0.4 is 4.72 Å². The van der Waals surface area contributed by atoms with E-state index in [1.807, 2.05) is 18.2 Å². The Hall–Kier alpha value is -0.540. The van der Waals surface area contributed by atoms with Crippen molar-refractivity contribution in [2.75, 3.05) is 19.7 Å². The second kappa shape index (κ2) is 10.5. The average Bonchev–Trinajstić information content (AvgIpc) is 2.67. The third-order valence-electron chi connectivity index (χ3n) is 5.25. The quantitative estimate of drug-likeness (QED) is 0.524. The number of alkyl halides is 3. The third-order valence-corrected chi connectivity index (χ3v) is 6.62. The van der Waals surface area contributed by atoms with Crippen LogP contribution in [0.25, 0.3) is 0 Å². The molecule has 1 fully saturated rings. The molecule has 0 saturated carbocycles. The molecule has 1 aromatic rings. The van der Waals surface area contributed by atoms with Crippen molar-refractivity contribution in [3.8, 4) is 0 Å². The van der Waals surface area contributed by atoms with Crippen molar-refractivity contribution in [1.82, 2.24) is 9.62 Å². The molecule has 28 heavy (non-hydrogen) atoms. The summed E-state index contributed by atoms with van der Waals surface area (Å²) in [6.45, 7) is 2.81. The van der Waals surface area contributed by atoms with E-state index in [-0.39, 0.29) is 30.0 Å².